The third-order valence-electron chi connectivity index (χ3n) is 4.32. The van der Waals surface area contributed by atoms with Gasteiger partial charge >= 0.3 is 0 Å². The molecule has 0 aromatic rings. The first-order valence-corrected chi connectivity index (χ1v) is 8.15. The first-order valence-electron chi connectivity index (χ1n) is 8.15. The predicted octanol–water partition coefficient (Wildman–Crippen LogP) is 6.45. The van der Waals surface area contributed by atoms with Crippen LogP contribution < -0.4 is 0 Å². The summed E-state index contributed by atoms with van der Waals surface area (Å²) in [6.07, 6.45) is 12.9. The molecule has 0 aliphatic rings. The molecule has 0 aliphatic carbocycles. The van der Waals surface area contributed by atoms with E-state index in [9.17, 15) is 0 Å². The minimum Gasteiger partial charge on any atom is -0.0654 e. The molecule has 0 amide bonds. The summed E-state index contributed by atoms with van der Waals surface area (Å²) in [5.41, 5.74) is 0. The van der Waals surface area contributed by atoms with E-state index in [2.05, 4.69) is 34.6 Å². The average molecular weight is 240 g/mol. The van der Waals surface area contributed by atoms with Gasteiger partial charge in [0.05, 0.1) is 0 Å². The van der Waals surface area contributed by atoms with Gasteiger partial charge in [-0.2, -0.15) is 0 Å². The molecule has 2 atom stereocenters. The summed E-state index contributed by atoms with van der Waals surface area (Å²) in [5, 5.41) is 0. The average Bonchev–Trinajstić information content (AvgIpc) is 2.30. The minimum atomic E-state index is 0.875. The van der Waals surface area contributed by atoms with E-state index >= 15 is 0 Å². The molecule has 0 aromatic carbocycles. The molecule has 0 aliphatic heterocycles. The Hall–Kier alpha value is 0. The summed E-state index contributed by atoms with van der Waals surface area (Å²) in [6.45, 7) is 11.8. The van der Waals surface area contributed by atoms with Gasteiger partial charge in [-0.05, 0) is 17.8 Å². The predicted molar refractivity (Wildman–Crippen MR) is 80.4 cm³/mol. The van der Waals surface area contributed by atoms with Gasteiger partial charge in [-0.3, -0.25) is 0 Å². The van der Waals surface area contributed by atoms with Gasteiger partial charge in [-0.15, -0.1) is 0 Å². The van der Waals surface area contributed by atoms with Crippen molar-refractivity contribution < 1.29 is 0 Å². The second-order valence-corrected chi connectivity index (χ2v) is 6.14. The van der Waals surface area contributed by atoms with Gasteiger partial charge in [0, 0.05) is 0 Å². The normalized spacial score (nSPS) is 15.2. The Morgan fingerprint density at radius 3 is 1.82 bits per heavy atom. The molecule has 0 saturated heterocycles. The Morgan fingerprint density at radius 1 is 0.706 bits per heavy atom. The number of rotatable bonds is 11. The second-order valence-electron chi connectivity index (χ2n) is 6.14. The van der Waals surface area contributed by atoms with Crippen molar-refractivity contribution >= 4 is 0 Å². The molecular formula is C17H36. The Balaban J connectivity index is 3.78. The van der Waals surface area contributed by atoms with Crippen molar-refractivity contribution in [1.82, 2.24) is 0 Å². The van der Waals surface area contributed by atoms with Crippen molar-refractivity contribution in [3.8, 4) is 0 Å². The maximum atomic E-state index is 2.38. The molecule has 0 spiro atoms. The molecule has 0 radical (unpaired) electrons. The minimum absolute atomic E-state index is 0.875. The lowest BCUT2D eigenvalue weighted by atomic mass is 9.85. The summed E-state index contributed by atoms with van der Waals surface area (Å²) >= 11 is 0. The lowest BCUT2D eigenvalue weighted by molar-refractivity contribution is 0.311. The monoisotopic (exact) mass is 240 g/mol. The fraction of sp³-hybridized carbons (Fsp3) is 1.00. The van der Waals surface area contributed by atoms with Crippen molar-refractivity contribution in [3.63, 3.8) is 0 Å². The molecule has 0 rings (SSSR count). The smallest absolute Gasteiger partial charge is 0.0394 e. The Kier molecular flexibility index (Phi) is 11.1. The van der Waals surface area contributed by atoms with Crippen molar-refractivity contribution in [3.05, 3.63) is 0 Å². The topological polar surface area (TPSA) is 0 Å². The van der Waals surface area contributed by atoms with Gasteiger partial charge in [0.1, 0.15) is 0 Å². The highest BCUT2D eigenvalue weighted by molar-refractivity contribution is 4.65. The van der Waals surface area contributed by atoms with E-state index in [1.165, 1.54) is 57.8 Å². The summed E-state index contributed by atoms with van der Waals surface area (Å²) in [4.78, 5) is 0. The van der Waals surface area contributed by atoms with E-state index in [0.717, 1.165) is 17.8 Å². The third kappa shape index (κ3) is 8.69. The lowest BCUT2D eigenvalue weighted by Gasteiger charge is -2.21. The number of hydrogen-bond acceptors (Lipinski definition) is 0. The Morgan fingerprint density at radius 2 is 1.35 bits per heavy atom. The standard InChI is InChI=1S/C17H36/c1-6-9-12-16(11-7-2)13-10-14-17(8-3)15(4)5/h15-17H,6-14H2,1-5H3. The SMILES string of the molecule is CCCCC(CCC)CCCC(CC)C(C)C. The van der Waals surface area contributed by atoms with Crippen LogP contribution in [-0.4, -0.2) is 0 Å². The van der Waals surface area contributed by atoms with E-state index < -0.39 is 0 Å². The summed E-state index contributed by atoms with van der Waals surface area (Å²) in [5.74, 6) is 2.85. The molecule has 2 unspecified atom stereocenters. The van der Waals surface area contributed by atoms with E-state index in [4.69, 9.17) is 0 Å². The second kappa shape index (κ2) is 11.1. The molecule has 0 bridgehead atoms. The van der Waals surface area contributed by atoms with Crippen LogP contribution in [0, 0.1) is 17.8 Å². The zero-order valence-corrected chi connectivity index (χ0v) is 13.1. The van der Waals surface area contributed by atoms with E-state index in [-0.39, 0.29) is 0 Å². The number of hydrogen-bond donors (Lipinski definition) is 0. The van der Waals surface area contributed by atoms with E-state index in [1.54, 1.807) is 0 Å². The van der Waals surface area contributed by atoms with Crippen LogP contribution in [0.15, 0.2) is 0 Å². The first kappa shape index (κ1) is 17.0. The van der Waals surface area contributed by atoms with Gasteiger partial charge in [-0.1, -0.05) is 92.4 Å². The van der Waals surface area contributed by atoms with Crippen LogP contribution in [0.5, 0.6) is 0 Å². The first-order chi connectivity index (χ1) is 8.15. The molecule has 0 nitrogen and oxygen atoms in total. The van der Waals surface area contributed by atoms with Crippen molar-refractivity contribution in [2.45, 2.75) is 92.4 Å². The number of unbranched alkanes of at least 4 members (excludes halogenated alkanes) is 1. The maximum Gasteiger partial charge on any atom is -0.0394 e. The fourth-order valence-corrected chi connectivity index (χ4v) is 3.01. The quantitative estimate of drug-likeness (QED) is 0.389. The van der Waals surface area contributed by atoms with E-state index in [0.29, 0.717) is 0 Å². The summed E-state index contributed by atoms with van der Waals surface area (Å²) in [6, 6.07) is 0. The third-order valence-corrected chi connectivity index (χ3v) is 4.32. The van der Waals surface area contributed by atoms with Crippen molar-refractivity contribution in [2.75, 3.05) is 0 Å². The zero-order chi connectivity index (χ0) is 13.1. The van der Waals surface area contributed by atoms with Crippen molar-refractivity contribution in [2.24, 2.45) is 17.8 Å². The van der Waals surface area contributed by atoms with Gasteiger partial charge in [0.15, 0.2) is 0 Å². The van der Waals surface area contributed by atoms with Gasteiger partial charge < -0.3 is 0 Å². The Labute approximate surface area is 111 Å². The molecule has 0 fully saturated rings. The van der Waals surface area contributed by atoms with Crippen LogP contribution in [0.3, 0.4) is 0 Å². The summed E-state index contributed by atoms with van der Waals surface area (Å²) in [7, 11) is 0. The molecular weight excluding hydrogens is 204 g/mol. The fourth-order valence-electron chi connectivity index (χ4n) is 3.01. The van der Waals surface area contributed by atoms with Crippen LogP contribution in [-0.2, 0) is 0 Å². The highest BCUT2D eigenvalue weighted by atomic mass is 14.2. The largest absolute Gasteiger partial charge is 0.0654 e. The van der Waals surface area contributed by atoms with Crippen LogP contribution >= 0.6 is 0 Å². The molecule has 0 heteroatoms. The molecule has 104 valence electrons. The Bertz CT molecular complexity index is 148. The molecule has 0 heterocycles. The van der Waals surface area contributed by atoms with Crippen LogP contribution in [0.4, 0.5) is 0 Å². The summed E-state index contributed by atoms with van der Waals surface area (Å²) < 4.78 is 0. The lowest BCUT2D eigenvalue weighted by Crippen LogP contribution is -2.08. The molecule has 0 saturated carbocycles. The van der Waals surface area contributed by atoms with Gasteiger partial charge in [0.2, 0.25) is 0 Å². The van der Waals surface area contributed by atoms with E-state index in [1.807, 2.05) is 0 Å². The molecule has 0 aromatic heterocycles. The highest BCUT2D eigenvalue weighted by Gasteiger charge is 2.12. The van der Waals surface area contributed by atoms with Crippen LogP contribution in [0.25, 0.3) is 0 Å². The van der Waals surface area contributed by atoms with Gasteiger partial charge in [-0.25, -0.2) is 0 Å². The molecule has 0 N–H and O–H groups in total. The van der Waals surface area contributed by atoms with Crippen LogP contribution in [0.2, 0.25) is 0 Å². The highest BCUT2D eigenvalue weighted by Crippen LogP contribution is 2.26. The molecule has 17 heavy (non-hydrogen) atoms. The van der Waals surface area contributed by atoms with Crippen molar-refractivity contribution in [1.29, 1.82) is 0 Å². The maximum absolute atomic E-state index is 2.38. The van der Waals surface area contributed by atoms with Gasteiger partial charge in [0.25, 0.3) is 0 Å². The zero-order valence-electron chi connectivity index (χ0n) is 13.1. The van der Waals surface area contributed by atoms with Crippen LogP contribution in [0.1, 0.15) is 92.4 Å².